The Morgan fingerprint density at radius 2 is 1.10 bits per heavy atom. The average Bonchev–Trinajstić information content (AvgIpc) is 3.72. The molecule has 2 aliphatic carbocycles. The number of aryl methyl sites for hydroxylation is 2. The first-order chi connectivity index (χ1) is 19.1. The summed E-state index contributed by atoms with van der Waals surface area (Å²) in [6.45, 7) is 13.9. The van der Waals surface area contributed by atoms with Crippen molar-refractivity contribution in [2.75, 3.05) is 0 Å². The first-order valence-corrected chi connectivity index (χ1v) is 32.4. The Labute approximate surface area is 256 Å². The van der Waals surface area contributed by atoms with Gasteiger partial charge < -0.3 is 0 Å². The molecule has 0 saturated heterocycles. The van der Waals surface area contributed by atoms with E-state index in [4.69, 9.17) is 17.0 Å². The van der Waals surface area contributed by atoms with Crippen molar-refractivity contribution in [2.24, 2.45) is 0 Å². The molecular weight excluding hydrogens is 663 g/mol. The third-order valence-corrected chi connectivity index (χ3v) is 63.3. The molecule has 6 rings (SSSR count). The fraction of sp³-hybridized carbons (Fsp3) is 0.294. The normalized spacial score (nSPS) is 19.3. The second kappa shape index (κ2) is 10.6. The first kappa shape index (κ1) is 29.1. The Balaban J connectivity index is 1.59. The quantitative estimate of drug-likeness (QED) is 0.168. The molecule has 0 aliphatic heterocycles. The number of allylic oxidation sites excluding steroid dienone is 2. The Kier molecular flexibility index (Phi) is 7.72. The third-order valence-electron chi connectivity index (χ3n) is 9.34. The van der Waals surface area contributed by atoms with Gasteiger partial charge in [-0.15, -0.1) is 0 Å². The molecule has 2 unspecified atom stereocenters. The molecule has 0 saturated carbocycles. The number of halogens is 2. The van der Waals surface area contributed by atoms with Crippen LogP contribution in [0.15, 0.2) is 71.8 Å². The van der Waals surface area contributed by atoms with Crippen molar-refractivity contribution in [3.8, 4) is 20.9 Å². The number of fused-ring (bicyclic) bond motifs is 2. The van der Waals surface area contributed by atoms with Gasteiger partial charge in [0.25, 0.3) is 0 Å². The SMILES string of the molecule is CCC1=Cc2c(-c3ccc(C)s3)cccc2[CH]1[Zr]([Cl])([Cl])([CH]1C(CC)=Cc2c(-c3ccc(C)s3)cccc21)[SiH](C)C. The molecule has 40 heavy (non-hydrogen) atoms. The van der Waals surface area contributed by atoms with Gasteiger partial charge in [-0.1, -0.05) is 0 Å². The van der Waals surface area contributed by atoms with Crippen LogP contribution in [-0.4, -0.2) is 5.92 Å². The van der Waals surface area contributed by atoms with Gasteiger partial charge in [-0.2, -0.15) is 0 Å². The Morgan fingerprint density at radius 3 is 1.43 bits per heavy atom. The van der Waals surface area contributed by atoms with Crippen molar-refractivity contribution in [1.29, 1.82) is 0 Å². The maximum absolute atomic E-state index is 8.51. The first-order valence-electron chi connectivity index (χ1n) is 14.5. The van der Waals surface area contributed by atoms with Crippen LogP contribution < -0.4 is 0 Å². The van der Waals surface area contributed by atoms with Gasteiger partial charge in [-0.3, -0.25) is 0 Å². The van der Waals surface area contributed by atoms with E-state index >= 15 is 0 Å². The molecule has 207 valence electrons. The molecule has 2 aliphatic rings. The molecule has 2 aromatic carbocycles. The second-order valence-electron chi connectivity index (χ2n) is 11.8. The topological polar surface area (TPSA) is 0 Å². The van der Waals surface area contributed by atoms with Crippen LogP contribution in [0.2, 0.25) is 13.1 Å². The molecule has 2 atom stereocenters. The average molecular weight is 700 g/mol. The van der Waals surface area contributed by atoms with Crippen molar-refractivity contribution in [3.63, 3.8) is 0 Å². The summed E-state index contributed by atoms with van der Waals surface area (Å²) in [4.78, 5) is 5.35. The van der Waals surface area contributed by atoms with Crippen LogP contribution in [-0.2, 0) is 15.6 Å². The molecule has 2 heterocycles. The van der Waals surface area contributed by atoms with E-state index in [0.29, 0.717) is 0 Å². The van der Waals surface area contributed by atoms with Crippen molar-refractivity contribution in [2.45, 2.75) is 60.9 Å². The van der Waals surface area contributed by atoms with E-state index in [1.807, 2.05) is 22.7 Å². The van der Waals surface area contributed by atoms with Crippen molar-refractivity contribution < 1.29 is 15.6 Å². The van der Waals surface area contributed by atoms with E-state index in [1.54, 1.807) is 0 Å². The van der Waals surface area contributed by atoms with E-state index in [1.165, 1.54) is 64.0 Å². The molecular formula is C34H37Cl2S2SiZr. The zero-order valence-electron chi connectivity index (χ0n) is 24.1. The summed E-state index contributed by atoms with van der Waals surface area (Å²) in [5.74, 6) is -1.55. The van der Waals surface area contributed by atoms with Gasteiger partial charge in [-0.25, -0.2) is 0 Å². The summed E-state index contributed by atoms with van der Waals surface area (Å²) in [5, 5.41) is 0. The van der Waals surface area contributed by atoms with Crippen molar-refractivity contribution >= 4 is 57.8 Å². The maximum atomic E-state index is 8.51. The van der Waals surface area contributed by atoms with Gasteiger partial charge >= 0.3 is 259 Å². The van der Waals surface area contributed by atoms with Crippen molar-refractivity contribution in [1.82, 2.24) is 0 Å². The van der Waals surface area contributed by atoms with Gasteiger partial charge in [0.15, 0.2) is 0 Å². The molecule has 0 N–H and O–H groups in total. The van der Waals surface area contributed by atoms with Crippen LogP contribution in [0.25, 0.3) is 33.0 Å². The number of rotatable bonds is 7. The van der Waals surface area contributed by atoms with Crippen LogP contribution in [0.4, 0.5) is 0 Å². The molecule has 0 fully saturated rings. The van der Waals surface area contributed by atoms with E-state index in [0.717, 1.165) is 12.8 Å². The summed E-state index contributed by atoms with van der Waals surface area (Å²) in [6.07, 6.45) is 6.89. The fourth-order valence-electron chi connectivity index (χ4n) is 7.27. The molecule has 0 nitrogen and oxygen atoms in total. The second-order valence-corrected chi connectivity index (χ2v) is 56.9. The number of hydrogen-bond acceptors (Lipinski definition) is 2. The molecule has 2 aromatic heterocycles. The Hall–Kier alpha value is -1.00. The number of hydrogen-bond donors (Lipinski definition) is 0. The Morgan fingerprint density at radius 1 is 0.675 bits per heavy atom. The van der Waals surface area contributed by atoms with Gasteiger partial charge in [-0.05, 0) is 0 Å². The van der Waals surface area contributed by atoms with E-state index in [9.17, 15) is 0 Å². The van der Waals surface area contributed by atoms with E-state index < -0.39 is 21.5 Å². The van der Waals surface area contributed by atoms with Crippen LogP contribution in [0.3, 0.4) is 0 Å². The zero-order valence-corrected chi connectivity index (χ0v) is 30.9. The predicted octanol–water partition coefficient (Wildman–Crippen LogP) is 12.1. The van der Waals surface area contributed by atoms with Crippen LogP contribution in [0.1, 0.15) is 65.9 Å². The van der Waals surface area contributed by atoms with E-state index in [-0.39, 0.29) is 7.25 Å². The molecule has 6 heteroatoms. The minimum atomic E-state index is -4.68. The van der Waals surface area contributed by atoms with Crippen LogP contribution in [0.5, 0.6) is 0 Å². The zero-order chi connectivity index (χ0) is 28.4. The number of thiophene rings is 2. The van der Waals surface area contributed by atoms with Gasteiger partial charge in [0, 0.05) is 0 Å². The van der Waals surface area contributed by atoms with Crippen LogP contribution >= 0.6 is 39.7 Å². The van der Waals surface area contributed by atoms with Gasteiger partial charge in [0.05, 0.1) is 0 Å². The van der Waals surface area contributed by atoms with Gasteiger partial charge in [0.2, 0.25) is 0 Å². The summed E-state index contributed by atoms with van der Waals surface area (Å²) >= 11 is -0.937. The molecule has 0 bridgehead atoms. The summed E-state index contributed by atoms with van der Waals surface area (Å²) in [6, 6.07) is 22.7. The summed E-state index contributed by atoms with van der Waals surface area (Å²) < 4.78 is 0.298. The predicted molar refractivity (Wildman–Crippen MR) is 182 cm³/mol. The Bertz CT molecular complexity index is 1570. The molecule has 0 amide bonds. The third kappa shape index (κ3) is 4.35. The minimum absolute atomic E-state index is 0.149. The molecule has 0 radical (unpaired) electrons. The summed E-state index contributed by atoms with van der Waals surface area (Å²) in [5.41, 5.74) is 11.0. The standard InChI is InChI=1S/2C16H15S.C2H7Si.2ClH.Zr/c2*1-3-12-9-13-5-4-6-14(15(13)10-12)16-8-7-11(2)17-16;1-3-2;;;/h2*4-10H,3H2,1-2H3;3H,1-2H3;2*1H;/q;;;;;+2/p-2. The molecule has 0 spiro atoms. The van der Waals surface area contributed by atoms with Gasteiger partial charge in [0.1, 0.15) is 0 Å². The van der Waals surface area contributed by atoms with E-state index in [2.05, 4.69) is 114 Å². The fourth-order valence-corrected chi connectivity index (χ4v) is 40.9. The summed E-state index contributed by atoms with van der Waals surface area (Å²) in [7, 11) is 17.0. The molecule has 4 aromatic rings. The monoisotopic (exact) mass is 697 g/mol. The van der Waals surface area contributed by atoms with Crippen molar-refractivity contribution in [3.05, 3.63) is 104 Å². The number of benzene rings is 2. The van der Waals surface area contributed by atoms with Crippen LogP contribution in [0, 0.1) is 13.8 Å².